The van der Waals surface area contributed by atoms with Crippen LogP contribution in [0.5, 0.6) is 0 Å². The second-order valence-electron chi connectivity index (χ2n) is 2.29. The van der Waals surface area contributed by atoms with E-state index in [2.05, 4.69) is 16.2 Å². The molecule has 0 saturated heterocycles. The first-order valence-electron chi connectivity index (χ1n) is 3.33. The number of terminal acetylenes is 1. The fraction of sp³-hybridized carbons (Fsp3) is 0.571. The Labute approximate surface area is 60.7 Å². The van der Waals surface area contributed by atoms with Crippen molar-refractivity contribution in [3.63, 3.8) is 0 Å². The topological polar surface area (TPSA) is 50.4 Å². The molecule has 0 aromatic carbocycles. The Morgan fingerprint density at radius 1 is 1.90 bits per heavy atom. The summed E-state index contributed by atoms with van der Waals surface area (Å²) in [6.45, 7) is 0.841. The Bertz CT molecular complexity index is 178. The highest BCUT2D eigenvalue weighted by Crippen LogP contribution is 2.03. The summed E-state index contributed by atoms with van der Waals surface area (Å²) in [6.07, 6.45) is 6.81. The molecule has 0 amide bonds. The first-order chi connectivity index (χ1) is 4.83. The molecule has 0 aromatic rings. The standard InChI is InChI=1S/C7H11N3/c1-2-3-4-6-5-9-7(8)10-6/h1,6H,3-5H2,(H3,8,9,10). The lowest BCUT2D eigenvalue weighted by atomic mass is 10.2. The molecule has 1 heterocycles. The molecule has 0 bridgehead atoms. The average molecular weight is 137 g/mol. The van der Waals surface area contributed by atoms with Gasteiger partial charge in [-0.05, 0) is 6.42 Å². The van der Waals surface area contributed by atoms with E-state index in [0.29, 0.717) is 12.0 Å². The molecule has 0 aliphatic carbocycles. The van der Waals surface area contributed by atoms with E-state index in [0.717, 1.165) is 19.4 Å². The number of nitrogens with one attached hydrogen (secondary N) is 1. The van der Waals surface area contributed by atoms with Crippen molar-refractivity contribution in [3.05, 3.63) is 0 Å². The largest absolute Gasteiger partial charge is 0.370 e. The normalized spacial score (nSPS) is 23.1. The van der Waals surface area contributed by atoms with Crippen molar-refractivity contribution in [2.45, 2.75) is 18.9 Å². The highest BCUT2D eigenvalue weighted by molar-refractivity contribution is 5.79. The summed E-state index contributed by atoms with van der Waals surface area (Å²) in [6, 6.07) is 0.302. The summed E-state index contributed by atoms with van der Waals surface area (Å²) in [5, 5.41) is 2.94. The van der Waals surface area contributed by atoms with Crippen LogP contribution >= 0.6 is 0 Å². The Kier molecular flexibility index (Phi) is 2.16. The van der Waals surface area contributed by atoms with Crippen molar-refractivity contribution >= 4 is 5.96 Å². The maximum atomic E-state index is 5.38. The molecule has 0 fully saturated rings. The van der Waals surface area contributed by atoms with Gasteiger partial charge >= 0.3 is 0 Å². The Morgan fingerprint density at radius 3 is 3.20 bits per heavy atom. The summed E-state index contributed by atoms with van der Waals surface area (Å²) in [7, 11) is 0. The molecule has 1 aliphatic rings. The van der Waals surface area contributed by atoms with Gasteiger partial charge in [0.15, 0.2) is 5.96 Å². The van der Waals surface area contributed by atoms with Crippen molar-refractivity contribution in [2.24, 2.45) is 10.7 Å². The van der Waals surface area contributed by atoms with Crippen LogP contribution in [0, 0.1) is 12.3 Å². The third-order valence-electron chi connectivity index (χ3n) is 1.46. The number of hydrogen-bond acceptors (Lipinski definition) is 3. The molecule has 3 N–H and O–H groups in total. The third kappa shape index (κ3) is 1.66. The zero-order chi connectivity index (χ0) is 7.40. The predicted octanol–water partition coefficient (Wildman–Crippen LogP) is -0.314. The molecule has 3 heteroatoms. The number of rotatable bonds is 2. The molecule has 1 aliphatic heterocycles. The SMILES string of the molecule is C#CCCC1CNC(N)=N1. The summed E-state index contributed by atoms with van der Waals surface area (Å²) in [5.41, 5.74) is 5.38. The van der Waals surface area contributed by atoms with E-state index in [1.165, 1.54) is 0 Å². The average Bonchev–Trinajstić information content (AvgIpc) is 2.31. The van der Waals surface area contributed by atoms with E-state index in [9.17, 15) is 0 Å². The lowest BCUT2D eigenvalue weighted by Crippen LogP contribution is -2.27. The highest BCUT2D eigenvalue weighted by Gasteiger charge is 2.12. The number of aliphatic imine (C=N–C) groups is 1. The van der Waals surface area contributed by atoms with Gasteiger partial charge < -0.3 is 11.1 Å². The molecule has 1 rings (SSSR count). The number of nitrogens with two attached hydrogens (primary N) is 1. The van der Waals surface area contributed by atoms with E-state index in [1.807, 2.05) is 0 Å². The fourth-order valence-corrected chi connectivity index (χ4v) is 0.927. The van der Waals surface area contributed by atoms with E-state index in [-0.39, 0.29) is 0 Å². The van der Waals surface area contributed by atoms with Crippen LogP contribution in [0.4, 0.5) is 0 Å². The van der Waals surface area contributed by atoms with Crippen LogP contribution in [0.1, 0.15) is 12.8 Å². The van der Waals surface area contributed by atoms with Gasteiger partial charge in [-0.15, -0.1) is 12.3 Å². The van der Waals surface area contributed by atoms with E-state index >= 15 is 0 Å². The van der Waals surface area contributed by atoms with Crippen LogP contribution in [0.25, 0.3) is 0 Å². The first-order valence-corrected chi connectivity index (χ1v) is 3.33. The van der Waals surface area contributed by atoms with Gasteiger partial charge in [0.2, 0.25) is 0 Å². The second-order valence-corrected chi connectivity index (χ2v) is 2.29. The van der Waals surface area contributed by atoms with Crippen molar-refractivity contribution in [1.29, 1.82) is 0 Å². The van der Waals surface area contributed by atoms with Crippen molar-refractivity contribution in [1.82, 2.24) is 5.32 Å². The fourth-order valence-electron chi connectivity index (χ4n) is 0.927. The highest BCUT2D eigenvalue weighted by atomic mass is 15.2. The molecule has 0 spiro atoms. The quantitative estimate of drug-likeness (QED) is 0.513. The van der Waals surface area contributed by atoms with Gasteiger partial charge in [-0.25, -0.2) is 4.99 Å². The summed E-state index contributed by atoms with van der Waals surface area (Å²) < 4.78 is 0. The lowest BCUT2D eigenvalue weighted by Gasteiger charge is -1.99. The zero-order valence-electron chi connectivity index (χ0n) is 5.80. The monoisotopic (exact) mass is 137 g/mol. The van der Waals surface area contributed by atoms with Gasteiger partial charge in [-0.1, -0.05) is 0 Å². The molecule has 54 valence electrons. The van der Waals surface area contributed by atoms with Gasteiger partial charge in [0, 0.05) is 13.0 Å². The van der Waals surface area contributed by atoms with Gasteiger partial charge in [0.1, 0.15) is 0 Å². The maximum absolute atomic E-state index is 5.38. The molecule has 0 radical (unpaired) electrons. The van der Waals surface area contributed by atoms with Crippen LogP contribution in [0.2, 0.25) is 0 Å². The molecular formula is C7H11N3. The molecule has 3 nitrogen and oxygen atoms in total. The van der Waals surface area contributed by atoms with E-state index in [4.69, 9.17) is 12.2 Å². The van der Waals surface area contributed by atoms with Crippen LogP contribution in [-0.2, 0) is 0 Å². The Balaban J connectivity index is 2.26. The molecule has 0 aromatic heterocycles. The van der Waals surface area contributed by atoms with Crippen molar-refractivity contribution in [2.75, 3.05) is 6.54 Å². The molecule has 1 unspecified atom stereocenters. The van der Waals surface area contributed by atoms with Crippen LogP contribution in [0.3, 0.4) is 0 Å². The second kappa shape index (κ2) is 3.11. The molecule has 10 heavy (non-hydrogen) atoms. The Hall–Kier alpha value is -1.17. The minimum absolute atomic E-state index is 0.302. The predicted molar refractivity (Wildman–Crippen MR) is 41.5 cm³/mol. The summed E-state index contributed by atoms with van der Waals surface area (Å²) in [5.74, 6) is 3.12. The Morgan fingerprint density at radius 2 is 2.70 bits per heavy atom. The van der Waals surface area contributed by atoms with Gasteiger partial charge in [-0.3, -0.25) is 0 Å². The van der Waals surface area contributed by atoms with E-state index in [1.54, 1.807) is 0 Å². The number of nitrogens with zero attached hydrogens (tertiary/aromatic N) is 1. The minimum atomic E-state index is 0.302. The molecular weight excluding hydrogens is 126 g/mol. The smallest absolute Gasteiger partial charge is 0.189 e. The van der Waals surface area contributed by atoms with Crippen molar-refractivity contribution < 1.29 is 0 Å². The lowest BCUT2D eigenvalue weighted by molar-refractivity contribution is 0.649. The minimum Gasteiger partial charge on any atom is -0.370 e. The number of guanidine groups is 1. The van der Waals surface area contributed by atoms with Gasteiger partial charge in [0.25, 0.3) is 0 Å². The molecule has 0 saturated carbocycles. The van der Waals surface area contributed by atoms with Crippen LogP contribution in [-0.4, -0.2) is 18.5 Å². The van der Waals surface area contributed by atoms with Crippen molar-refractivity contribution in [3.8, 4) is 12.3 Å². The third-order valence-corrected chi connectivity index (χ3v) is 1.46. The van der Waals surface area contributed by atoms with E-state index < -0.39 is 0 Å². The first kappa shape index (κ1) is 6.94. The maximum Gasteiger partial charge on any atom is 0.189 e. The van der Waals surface area contributed by atoms with Crippen LogP contribution < -0.4 is 11.1 Å². The summed E-state index contributed by atoms with van der Waals surface area (Å²) >= 11 is 0. The number of hydrogen-bond donors (Lipinski definition) is 2. The summed E-state index contributed by atoms with van der Waals surface area (Å²) in [4.78, 5) is 4.11. The zero-order valence-corrected chi connectivity index (χ0v) is 5.80. The van der Waals surface area contributed by atoms with Gasteiger partial charge in [-0.2, -0.15) is 0 Å². The van der Waals surface area contributed by atoms with Gasteiger partial charge in [0.05, 0.1) is 6.04 Å². The van der Waals surface area contributed by atoms with Crippen LogP contribution in [0.15, 0.2) is 4.99 Å². The molecule has 1 atom stereocenters.